The fraction of sp³-hybridized carbons (Fsp3) is 0.649. The Morgan fingerprint density at radius 1 is 1.20 bits per heavy atom. The van der Waals surface area contributed by atoms with Gasteiger partial charge < -0.3 is 25.2 Å². The van der Waals surface area contributed by atoms with E-state index < -0.39 is 33.3 Å². The number of anilines is 2. The van der Waals surface area contributed by atoms with Gasteiger partial charge in [0.25, 0.3) is 0 Å². The first-order valence-electron chi connectivity index (χ1n) is 17.8. The van der Waals surface area contributed by atoms with Crippen LogP contribution in [0, 0.1) is 23.1 Å². The molecule has 1 fully saturated rings. The van der Waals surface area contributed by atoms with E-state index >= 15 is 8.42 Å². The standard InChI is InChI=1S/C37H55ClFN3O6S/c1-6-9-27-19-25(3)37(5,15-7-2)16-14-35(47-18-17-43)36(20-27)49(45,46)42-24-29(22-40-26(4)44)48-34-13-12-28(21-33(34)42)41-23-30-31(38)10-8-11-32(30)39/h8,10-13,21,25,27,29,35-36,41,43H,6-7,9,14-20,22-24H2,1-5H3,(H,40,44). The van der Waals surface area contributed by atoms with Crippen molar-refractivity contribution >= 4 is 38.9 Å². The van der Waals surface area contributed by atoms with E-state index in [2.05, 4.69) is 38.3 Å². The molecule has 4 rings (SSSR count). The summed E-state index contributed by atoms with van der Waals surface area (Å²) in [6.07, 6.45) is 5.43. The van der Waals surface area contributed by atoms with Crippen LogP contribution in [0.5, 0.6) is 5.75 Å². The smallest absolute Gasteiger partial charge is 0.240 e. The molecule has 0 spiro atoms. The second kappa shape index (κ2) is 17.6. The highest BCUT2D eigenvalue weighted by atomic mass is 35.5. The third-order valence-corrected chi connectivity index (χ3v) is 13.1. The molecule has 3 N–H and O–H groups in total. The minimum Gasteiger partial charge on any atom is -0.484 e. The van der Waals surface area contributed by atoms with Gasteiger partial charge in [-0.1, -0.05) is 64.6 Å². The van der Waals surface area contributed by atoms with Crippen LogP contribution in [-0.2, 0) is 26.1 Å². The Morgan fingerprint density at radius 2 is 1.98 bits per heavy atom. The van der Waals surface area contributed by atoms with E-state index in [1.54, 1.807) is 30.3 Å². The summed E-state index contributed by atoms with van der Waals surface area (Å²) < 4.78 is 58.9. The number of benzene rings is 2. The summed E-state index contributed by atoms with van der Waals surface area (Å²) in [5, 5.41) is 15.2. The van der Waals surface area contributed by atoms with Crippen LogP contribution in [0.4, 0.5) is 15.8 Å². The molecule has 274 valence electrons. The second-order valence-electron chi connectivity index (χ2n) is 14.1. The first-order chi connectivity index (χ1) is 23.3. The summed E-state index contributed by atoms with van der Waals surface area (Å²) in [6, 6.07) is 9.66. The molecule has 2 aliphatic rings. The summed E-state index contributed by atoms with van der Waals surface area (Å²) in [6.45, 7) is 10.4. The largest absolute Gasteiger partial charge is 0.484 e. The average Bonchev–Trinajstić information content (AvgIpc) is 3.10. The van der Waals surface area contributed by atoms with E-state index in [1.807, 2.05) is 0 Å². The molecule has 2 aromatic carbocycles. The van der Waals surface area contributed by atoms with Crippen molar-refractivity contribution in [3.05, 3.63) is 52.8 Å². The molecule has 0 bridgehead atoms. The SMILES string of the molecule is CCCC1CC(C)C(C)(CCC)CCC(OCCO)C(S(=O)(=O)N2CC(CNC(C)=O)Oc3ccc(NCc4c(F)cccc4Cl)cc32)C1. The summed E-state index contributed by atoms with van der Waals surface area (Å²) in [4.78, 5) is 11.8. The Morgan fingerprint density at radius 3 is 2.65 bits per heavy atom. The normalized spacial score (nSPS) is 26.1. The molecule has 6 atom stereocenters. The second-order valence-corrected chi connectivity index (χ2v) is 16.6. The Labute approximate surface area is 297 Å². The molecule has 1 saturated carbocycles. The zero-order valence-electron chi connectivity index (χ0n) is 29.6. The minimum atomic E-state index is -4.10. The van der Waals surface area contributed by atoms with Gasteiger partial charge in [0.15, 0.2) is 0 Å². The van der Waals surface area contributed by atoms with Crippen molar-refractivity contribution in [3.8, 4) is 5.75 Å². The number of carbonyl (C=O) groups is 1. The quantitative estimate of drug-likeness (QED) is 0.187. The first kappa shape index (κ1) is 39.2. The van der Waals surface area contributed by atoms with Crippen molar-refractivity contribution in [1.29, 1.82) is 0 Å². The van der Waals surface area contributed by atoms with Crippen molar-refractivity contribution in [2.45, 2.75) is 110 Å². The first-order valence-corrected chi connectivity index (χ1v) is 19.7. The molecule has 9 nitrogen and oxygen atoms in total. The van der Waals surface area contributed by atoms with Gasteiger partial charge in [0.1, 0.15) is 22.9 Å². The van der Waals surface area contributed by atoms with Crippen molar-refractivity contribution in [3.63, 3.8) is 0 Å². The van der Waals surface area contributed by atoms with Crippen LogP contribution in [0.25, 0.3) is 0 Å². The maximum atomic E-state index is 15.2. The van der Waals surface area contributed by atoms with Gasteiger partial charge in [0.05, 0.1) is 38.1 Å². The fourth-order valence-corrected chi connectivity index (χ4v) is 10.1. The van der Waals surface area contributed by atoms with Crippen LogP contribution in [0.1, 0.15) is 91.5 Å². The highest BCUT2D eigenvalue weighted by molar-refractivity contribution is 7.93. The molecule has 49 heavy (non-hydrogen) atoms. The van der Waals surface area contributed by atoms with Gasteiger partial charge in [-0.15, -0.1) is 0 Å². The minimum absolute atomic E-state index is 0.0101. The van der Waals surface area contributed by atoms with E-state index in [0.29, 0.717) is 46.5 Å². The predicted octanol–water partition coefficient (Wildman–Crippen LogP) is 7.30. The summed E-state index contributed by atoms with van der Waals surface area (Å²) >= 11 is 6.27. The lowest BCUT2D eigenvalue weighted by Gasteiger charge is -2.40. The van der Waals surface area contributed by atoms with E-state index in [4.69, 9.17) is 21.1 Å². The third kappa shape index (κ3) is 9.80. The Balaban J connectivity index is 1.76. The number of ether oxygens (including phenoxy) is 2. The molecule has 1 amide bonds. The van der Waals surface area contributed by atoms with Crippen molar-refractivity contribution in [2.24, 2.45) is 17.3 Å². The highest BCUT2D eigenvalue weighted by Gasteiger charge is 2.46. The number of rotatable bonds is 14. The van der Waals surface area contributed by atoms with E-state index in [1.165, 1.54) is 17.3 Å². The van der Waals surface area contributed by atoms with Gasteiger partial charge >= 0.3 is 0 Å². The number of carbonyl (C=O) groups excluding carboxylic acids is 1. The Hall–Kier alpha value is -2.60. The van der Waals surface area contributed by atoms with Gasteiger partial charge in [-0.3, -0.25) is 9.10 Å². The predicted molar refractivity (Wildman–Crippen MR) is 194 cm³/mol. The molecule has 0 aromatic heterocycles. The summed E-state index contributed by atoms with van der Waals surface area (Å²) in [5.74, 6) is 0.266. The van der Waals surface area contributed by atoms with Crippen molar-refractivity contribution in [2.75, 3.05) is 35.9 Å². The summed E-state index contributed by atoms with van der Waals surface area (Å²) in [7, 11) is -4.10. The lowest BCUT2D eigenvalue weighted by molar-refractivity contribution is -0.119. The van der Waals surface area contributed by atoms with Crippen molar-refractivity contribution < 1.29 is 32.2 Å². The molecule has 1 heterocycles. The molecule has 1 aliphatic carbocycles. The molecule has 12 heteroatoms. The molecule has 6 unspecified atom stereocenters. The number of aliphatic hydroxyl groups excluding tert-OH is 1. The molecule has 2 aromatic rings. The summed E-state index contributed by atoms with van der Waals surface area (Å²) in [5.41, 5.74) is 1.27. The highest BCUT2D eigenvalue weighted by Crippen LogP contribution is 2.46. The number of halogens is 2. The van der Waals surface area contributed by atoms with Crippen LogP contribution < -0.4 is 19.7 Å². The van der Waals surface area contributed by atoms with Gasteiger partial charge in [0.2, 0.25) is 15.9 Å². The zero-order chi connectivity index (χ0) is 35.8. The molecule has 0 saturated heterocycles. The van der Waals surface area contributed by atoms with Gasteiger partial charge in [-0.2, -0.15) is 0 Å². The van der Waals surface area contributed by atoms with E-state index in [-0.39, 0.29) is 50.1 Å². The van der Waals surface area contributed by atoms with Crippen LogP contribution in [0.3, 0.4) is 0 Å². The van der Waals surface area contributed by atoms with Crippen LogP contribution >= 0.6 is 11.6 Å². The Bertz CT molecular complexity index is 1490. The number of aliphatic hydroxyl groups is 1. The lowest BCUT2D eigenvalue weighted by atomic mass is 9.68. The average molecular weight is 724 g/mol. The number of fused-ring (bicyclic) bond motifs is 1. The molecular formula is C37H55ClFN3O6S. The lowest BCUT2D eigenvalue weighted by Crippen LogP contribution is -2.53. The van der Waals surface area contributed by atoms with Gasteiger partial charge in [-0.25, -0.2) is 12.8 Å². The van der Waals surface area contributed by atoms with Crippen LogP contribution in [0.15, 0.2) is 36.4 Å². The third-order valence-electron chi connectivity index (χ3n) is 10.5. The van der Waals surface area contributed by atoms with Gasteiger partial charge in [0, 0.05) is 29.7 Å². The van der Waals surface area contributed by atoms with Crippen LogP contribution in [-0.4, -0.2) is 63.2 Å². The monoisotopic (exact) mass is 723 g/mol. The van der Waals surface area contributed by atoms with Crippen molar-refractivity contribution in [1.82, 2.24) is 5.32 Å². The molecule has 1 aliphatic heterocycles. The number of hydrogen-bond acceptors (Lipinski definition) is 7. The molecule has 0 radical (unpaired) electrons. The number of hydrogen-bond donors (Lipinski definition) is 3. The number of nitrogens with zero attached hydrogens (tertiary/aromatic N) is 1. The maximum absolute atomic E-state index is 15.2. The zero-order valence-corrected chi connectivity index (χ0v) is 31.2. The fourth-order valence-electron chi connectivity index (χ4n) is 7.64. The number of nitrogens with one attached hydrogen (secondary N) is 2. The number of sulfonamides is 1. The van der Waals surface area contributed by atoms with Gasteiger partial charge in [-0.05, 0) is 79.7 Å². The Kier molecular flexibility index (Phi) is 14.0. The van der Waals surface area contributed by atoms with E-state index in [9.17, 15) is 14.3 Å². The molecular weight excluding hydrogens is 669 g/mol. The number of amides is 1. The topological polar surface area (TPSA) is 117 Å². The maximum Gasteiger partial charge on any atom is 0.240 e. The van der Waals surface area contributed by atoms with Crippen LogP contribution in [0.2, 0.25) is 5.02 Å². The van der Waals surface area contributed by atoms with E-state index in [0.717, 1.165) is 38.5 Å².